The van der Waals surface area contributed by atoms with Crippen LogP contribution in [-0.2, 0) is 4.74 Å². The van der Waals surface area contributed by atoms with E-state index in [1.165, 1.54) is 5.56 Å². The number of likely N-dealkylation sites (N-methyl/N-ethyl adjacent to an activating group) is 2. The van der Waals surface area contributed by atoms with Crippen LogP contribution in [0, 0.1) is 0 Å². The molecule has 106 valence electrons. The number of halogens is 2. The first-order valence-electron chi connectivity index (χ1n) is 6.62. The summed E-state index contributed by atoms with van der Waals surface area (Å²) in [6.45, 7) is 5.77. The molecule has 0 saturated carbocycles. The summed E-state index contributed by atoms with van der Waals surface area (Å²) < 4.78 is 7.03. The first-order chi connectivity index (χ1) is 9.17. The molecule has 3 nitrogen and oxygen atoms in total. The van der Waals surface area contributed by atoms with Gasteiger partial charge in [0.05, 0.1) is 18.8 Å². The van der Waals surface area contributed by atoms with Gasteiger partial charge in [-0.15, -0.1) is 0 Å². The van der Waals surface area contributed by atoms with Gasteiger partial charge in [0.15, 0.2) is 0 Å². The smallest absolute Gasteiger partial charge is 0.0896 e. The minimum absolute atomic E-state index is 0.147. The lowest BCUT2D eigenvalue weighted by Gasteiger charge is -2.41. The van der Waals surface area contributed by atoms with E-state index in [0.29, 0.717) is 0 Å². The fraction of sp³-hybridized carbons (Fsp3) is 0.571. The maximum atomic E-state index is 6.16. The zero-order valence-corrected chi connectivity index (χ0v) is 13.7. The van der Waals surface area contributed by atoms with Crippen molar-refractivity contribution in [1.29, 1.82) is 0 Å². The van der Waals surface area contributed by atoms with E-state index in [2.05, 4.69) is 33.1 Å². The summed E-state index contributed by atoms with van der Waals surface area (Å²) in [5, 5.41) is 3.98. The summed E-state index contributed by atoms with van der Waals surface area (Å²) in [4.78, 5) is 2.45. The molecule has 19 heavy (non-hydrogen) atoms. The number of hydrogen-bond acceptors (Lipinski definition) is 3. The largest absolute Gasteiger partial charge is 0.374 e. The molecule has 2 atom stereocenters. The predicted molar refractivity (Wildman–Crippen MR) is 82.8 cm³/mol. The summed E-state index contributed by atoms with van der Waals surface area (Å²) in [6, 6.07) is 6.19. The highest BCUT2D eigenvalue weighted by atomic mass is 79.9. The predicted octanol–water partition coefficient (Wildman–Crippen LogP) is 3.08. The topological polar surface area (TPSA) is 24.5 Å². The quantitative estimate of drug-likeness (QED) is 0.906. The Kier molecular flexibility index (Phi) is 5.66. The van der Waals surface area contributed by atoms with E-state index in [1.54, 1.807) is 0 Å². The van der Waals surface area contributed by atoms with Crippen LogP contribution in [0.5, 0.6) is 0 Å². The minimum atomic E-state index is 0.147. The molecule has 0 radical (unpaired) electrons. The van der Waals surface area contributed by atoms with Gasteiger partial charge in [-0.25, -0.2) is 0 Å². The second-order valence-electron chi connectivity index (χ2n) is 4.71. The van der Waals surface area contributed by atoms with E-state index in [-0.39, 0.29) is 12.1 Å². The Balaban J connectivity index is 2.36. The molecule has 0 bridgehead atoms. The molecule has 1 fully saturated rings. The highest BCUT2D eigenvalue weighted by molar-refractivity contribution is 9.10. The average Bonchev–Trinajstić information content (AvgIpc) is 2.42. The molecule has 0 aliphatic carbocycles. The maximum absolute atomic E-state index is 6.16. The van der Waals surface area contributed by atoms with Crippen molar-refractivity contribution >= 4 is 27.5 Å². The van der Waals surface area contributed by atoms with Crippen LogP contribution in [0.25, 0.3) is 0 Å². The van der Waals surface area contributed by atoms with Crippen LogP contribution in [0.4, 0.5) is 0 Å². The molecular formula is C14H20BrClN2O. The molecule has 0 amide bonds. The Morgan fingerprint density at radius 3 is 3.00 bits per heavy atom. The molecule has 0 aromatic heterocycles. The van der Waals surface area contributed by atoms with Crippen LogP contribution in [0.1, 0.15) is 18.5 Å². The van der Waals surface area contributed by atoms with Crippen molar-refractivity contribution in [2.75, 3.05) is 33.3 Å². The normalized spacial score (nSPS) is 24.6. The van der Waals surface area contributed by atoms with E-state index in [1.807, 2.05) is 25.2 Å². The van der Waals surface area contributed by atoms with Crippen molar-refractivity contribution in [3.8, 4) is 0 Å². The Labute approximate surface area is 128 Å². The Bertz CT molecular complexity index is 428. The molecule has 1 aromatic rings. The fourth-order valence-electron chi connectivity index (χ4n) is 2.65. The van der Waals surface area contributed by atoms with E-state index in [9.17, 15) is 0 Å². The molecule has 1 N–H and O–H groups in total. The third-order valence-electron chi connectivity index (χ3n) is 3.54. The third kappa shape index (κ3) is 3.50. The maximum Gasteiger partial charge on any atom is 0.0896 e. The van der Waals surface area contributed by atoms with E-state index < -0.39 is 0 Å². The minimum Gasteiger partial charge on any atom is -0.374 e. The van der Waals surface area contributed by atoms with Gasteiger partial charge in [0, 0.05) is 22.6 Å². The summed E-state index contributed by atoms with van der Waals surface area (Å²) in [5.41, 5.74) is 1.20. The first kappa shape index (κ1) is 15.3. The lowest BCUT2D eigenvalue weighted by molar-refractivity contribution is -0.0688. The lowest BCUT2D eigenvalue weighted by Crippen LogP contribution is -2.48. The van der Waals surface area contributed by atoms with Crippen molar-refractivity contribution in [3.05, 3.63) is 33.3 Å². The van der Waals surface area contributed by atoms with Gasteiger partial charge >= 0.3 is 0 Å². The number of benzene rings is 1. The van der Waals surface area contributed by atoms with Crippen LogP contribution in [0.15, 0.2) is 22.7 Å². The third-order valence-corrected chi connectivity index (χ3v) is 4.50. The lowest BCUT2D eigenvalue weighted by atomic mass is 9.98. The van der Waals surface area contributed by atoms with Crippen molar-refractivity contribution in [2.24, 2.45) is 0 Å². The summed E-state index contributed by atoms with van der Waals surface area (Å²) in [5.74, 6) is 0. The molecular weight excluding hydrogens is 328 g/mol. The highest BCUT2D eigenvalue weighted by Crippen LogP contribution is 2.35. The summed E-state index contributed by atoms with van der Waals surface area (Å²) in [6.07, 6.45) is 0.147. The SMILES string of the molecule is CCN1CCOC(CNC)C1c1cc(Cl)ccc1Br. The number of nitrogens with one attached hydrogen (secondary N) is 1. The van der Waals surface area contributed by atoms with E-state index in [4.69, 9.17) is 16.3 Å². The van der Waals surface area contributed by atoms with Crippen LogP contribution in [0.2, 0.25) is 5.02 Å². The number of rotatable bonds is 4. The zero-order valence-electron chi connectivity index (χ0n) is 11.3. The van der Waals surface area contributed by atoms with E-state index in [0.717, 1.165) is 35.7 Å². The van der Waals surface area contributed by atoms with Crippen molar-refractivity contribution < 1.29 is 4.74 Å². The molecule has 1 aliphatic heterocycles. The number of nitrogens with zero attached hydrogens (tertiary/aromatic N) is 1. The molecule has 0 spiro atoms. The standard InChI is InChI=1S/C14H20BrClN2O/c1-3-18-6-7-19-13(9-17-2)14(18)11-8-10(16)4-5-12(11)15/h4-5,8,13-14,17H,3,6-7,9H2,1-2H3. The highest BCUT2D eigenvalue weighted by Gasteiger charge is 2.33. The molecule has 1 aliphatic rings. The number of morpholine rings is 1. The Morgan fingerprint density at radius 2 is 2.32 bits per heavy atom. The van der Waals surface area contributed by atoms with Gasteiger partial charge in [0.2, 0.25) is 0 Å². The van der Waals surface area contributed by atoms with E-state index >= 15 is 0 Å². The molecule has 1 aromatic carbocycles. The second-order valence-corrected chi connectivity index (χ2v) is 6.00. The monoisotopic (exact) mass is 346 g/mol. The van der Waals surface area contributed by atoms with Gasteiger partial charge in [-0.3, -0.25) is 4.90 Å². The van der Waals surface area contributed by atoms with Crippen molar-refractivity contribution in [2.45, 2.75) is 19.1 Å². The summed E-state index contributed by atoms with van der Waals surface area (Å²) in [7, 11) is 1.96. The Morgan fingerprint density at radius 1 is 1.53 bits per heavy atom. The zero-order chi connectivity index (χ0) is 13.8. The number of hydrogen-bond donors (Lipinski definition) is 1. The second kappa shape index (κ2) is 7.04. The molecule has 1 saturated heterocycles. The Hall–Kier alpha value is -0.130. The average molecular weight is 348 g/mol. The van der Waals surface area contributed by atoms with Gasteiger partial charge in [0.25, 0.3) is 0 Å². The van der Waals surface area contributed by atoms with Gasteiger partial charge in [-0.05, 0) is 37.4 Å². The van der Waals surface area contributed by atoms with Gasteiger partial charge in [0.1, 0.15) is 0 Å². The van der Waals surface area contributed by atoms with Gasteiger partial charge in [-0.1, -0.05) is 34.5 Å². The van der Waals surface area contributed by atoms with Crippen LogP contribution < -0.4 is 5.32 Å². The van der Waals surface area contributed by atoms with Crippen LogP contribution >= 0.6 is 27.5 Å². The number of ether oxygens (including phenoxy) is 1. The first-order valence-corrected chi connectivity index (χ1v) is 7.79. The van der Waals surface area contributed by atoms with Crippen LogP contribution in [-0.4, -0.2) is 44.3 Å². The van der Waals surface area contributed by atoms with Gasteiger partial charge in [-0.2, -0.15) is 0 Å². The summed E-state index contributed by atoms with van der Waals surface area (Å²) >= 11 is 9.80. The van der Waals surface area contributed by atoms with Crippen molar-refractivity contribution in [1.82, 2.24) is 10.2 Å². The van der Waals surface area contributed by atoms with Crippen LogP contribution in [0.3, 0.4) is 0 Å². The molecule has 2 rings (SSSR count). The van der Waals surface area contributed by atoms with Gasteiger partial charge < -0.3 is 10.1 Å². The molecule has 2 unspecified atom stereocenters. The molecule has 5 heteroatoms. The van der Waals surface area contributed by atoms with Crippen molar-refractivity contribution in [3.63, 3.8) is 0 Å². The fourth-order valence-corrected chi connectivity index (χ4v) is 3.31. The molecule has 1 heterocycles.